The Labute approximate surface area is 116 Å². The molecule has 0 spiro atoms. The molecule has 1 aliphatic rings. The number of hydrogen-bond donors (Lipinski definition) is 0. The highest BCUT2D eigenvalue weighted by atomic mass is 35.5. The van der Waals surface area contributed by atoms with E-state index in [0.29, 0.717) is 5.88 Å². The van der Waals surface area contributed by atoms with Crippen LogP contribution in [-0.2, 0) is 12.8 Å². The smallest absolute Gasteiger partial charge is 0.154 e. The van der Waals surface area contributed by atoms with E-state index in [1.54, 1.807) is 11.3 Å². The first-order valence-corrected chi connectivity index (χ1v) is 7.53. The fourth-order valence-corrected chi connectivity index (χ4v) is 3.17. The molecule has 18 heavy (non-hydrogen) atoms. The number of alkyl halides is 1. The van der Waals surface area contributed by atoms with Crippen LogP contribution in [0.25, 0.3) is 0 Å². The lowest BCUT2D eigenvalue weighted by molar-refractivity contribution is 0.238. The number of halogens is 1. The second-order valence-corrected chi connectivity index (χ2v) is 5.66. The van der Waals surface area contributed by atoms with E-state index in [1.807, 2.05) is 12.1 Å². The molecule has 1 aromatic heterocycles. The van der Waals surface area contributed by atoms with E-state index < -0.39 is 0 Å². The third-order valence-electron chi connectivity index (χ3n) is 3.06. The summed E-state index contributed by atoms with van der Waals surface area (Å²) in [4.78, 5) is 4.65. The van der Waals surface area contributed by atoms with Gasteiger partial charge in [-0.2, -0.15) is 0 Å². The summed E-state index contributed by atoms with van der Waals surface area (Å²) in [5, 5.41) is 3.20. The zero-order valence-corrected chi connectivity index (χ0v) is 11.5. The topological polar surface area (TPSA) is 22.1 Å². The van der Waals surface area contributed by atoms with Gasteiger partial charge in [0.1, 0.15) is 10.8 Å². The molecule has 3 rings (SSSR count). The third-order valence-corrected chi connectivity index (χ3v) is 4.31. The summed E-state index contributed by atoms with van der Waals surface area (Å²) < 4.78 is 5.93. The minimum Gasteiger partial charge on any atom is -0.483 e. The number of thiazole rings is 1. The molecule has 0 fully saturated rings. The average Bonchev–Trinajstić information content (AvgIpc) is 3.02. The van der Waals surface area contributed by atoms with Crippen molar-refractivity contribution in [2.24, 2.45) is 0 Å². The fraction of sp³-hybridized carbons (Fsp3) is 0.357. The maximum Gasteiger partial charge on any atom is 0.154 e. The summed E-state index contributed by atoms with van der Waals surface area (Å²) >= 11 is 7.39. The lowest BCUT2D eigenvalue weighted by atomic mass is 10.1. The highest BCUT2D eigenvalue weighted by Crippen LogP contribution is 2.37. The van der Waals surface area contributed by atoms with Gasteiger partial charge >= 0.3 is 0 Å². The van der Waals surface area contributed by atoms with Crippen molar-refractivity contribution >= 4 is 22.9 Å². The maximum atomic E-state index is 5.93. The SMILES string of the molecule is ClCCCc1csc(C2Cc3ccccc3O2)n1. The molecule has 4 heteroatoms. The zero-order chi connectivity index (χ0) is 12.4. The van der Waals surface area contributed by atoms with Crippen molar-refractivity contribution in [1.82, 2.24) is 4.98 Å². The molecule has 0 aliphatic carbocycles. The van der Waals surface area contributed by atoms with Crippen LogP contribution in [0.5, 0.6) is 5.75 Å². The van der Waals surface area contributed by atoms with Crippen LogP contribution in [0, 0.1) is 0 Å². The first-order chi connectivity index (χ1) is 8.86. The van der Waals surface area contributed by atoms with Crippen LogP contribution < -0.4 is 4.74 Å². The number of fused-ring (bicyclic) bond motifs is 1. The molecule has 2 nitrogen and oxygen atoms in total. The van der Waals surface area contributed by atoms with Gasteiger partial charge in [-0.25, -0.2) is 4.98 Å². The van der Waals surface area contributed by atoms with Crippen molar-refractivity contribution < 1.29 is 4.74 Å². The second-order valence-electron chi connectivity index (χ2n) is 4.39. The molecule has 94 valence electrons. The molecule has 1 aromatic carbocycles. The quantitative estimate of drug-likeness (QED) is 0.790. The minimum atomic E-state index is 0.0946. The van der Waals surface area contributed by atoms with E-state index in [0.717, 1.165) is 35.7 Å². The molecule has 0 N–H and O–H groups in total. The number of rotatable bonds is 4. The minimum absolute atomic E-state index is 0.0946. The van der Waals surface area contributed by atoms with Crippen LogP contribution in [-0.4, -0.2) is 10.9 Å². The van der Waals surface area contributed by atoms with Crippen LogP contribution in [0.4, 0.5) is 0 Å². The molecular weight excluding hydrogens is 266 g/mol. The Morgan fingerprint density at radius 2 is 2.28 bits per heavy atom. The van der Waals surface area contributed by atoms with Gasteiger partial charge in [0.05, 0.1) is 5.69 Å². The molecule has 1 atom stereocenters. The Bertz CT molecular complexity index is 515. The monoisotopic (exact) mass is 279 g/mol. The van der Waals surface area contributed by atoms with Gasteiger partial charge in [0.2, 0.25) is 0 Å². The number of aromatic nitrogens is 1. The molecule has 0 bridgehead atoms. The van der Waals surface area contributed by atoms with Gasteiger partial charge in [-0.3, -0.25) is 0 Å². The van der Waals surface area contributed by atoms with Gasteiger partial charge in [-0.15, -0.1) is 22.9 Å². The van der Waals surface area contributed by atoms with Crippen molar-refractivity contribution in [3.63, 3.8) is 0 Å². The normalized spacial score (nSPS) is 17.5. The number of nitrogens with zero attached hydrogens (tertiary/aromatic N) is 1. The molecule has 2 aromatic rings. The fourth-order valence-electron chi connectivity index (χ4n) is 2.15. The highest BCUT2D eigenvalue weighted by molar-refractivity contribution is 7.09. The standard InChI is InChI=1S/C14H14ClNOS/c15-7-3-5-11-9-18-14(16-11)13-8-10-4-1-2-6-12(10)17-13/h1-2,4,6,9,13H,3,5,7-8H2. The Kier molecular flexibility index (Phi) is 3.52. The third kappa shape index (κ3) is 2.38. The Hall–Kier alpha value is -1.06. The number of ether oxygens (including phenoxy) is 1. The van der Waals surface area contributed by atoms with E-state index in [-0.39, 0.29) is 6.10 Å². The van der Waals surface area contributed by atoms with Crippen LogP contribution in [0.2, 0.25) is 0 Å². The summed E-state index contributed by atoms with van der Waals surface area (Å²) in [5.74, 6) is 1.69. The van der Waals surface area contributed by atoms with Crippen molar-refractivity contribution in [3.8, 4) is 5.75 Å². The molecule has 1 aliphatic heterocycles. The molecule has 0 saturated heterocycles. The summed E-state index contributed by atoms with van der Waals surface area (Å²) in [6.07, 6.45) is 2.96. The summed E-state index contributed by atoms with van der Waals surface area (Å²) in [5.41, 5.74) is 2.41. The molecule has 2 heterocycles. The van der Waals surface area contributed by atoms with Crippen LogP contribution in [0.1, 0.15) is 28.8 Å². The van der Waals surface area contributed by atoms with Gasteiger partial charge in [0, 0.05) is 17.7 Å². The maximum absolute atomic E-state index is 5.93. The van der Waals surface area contributed by atoms with Gasteiger partial charge < -0.3 is 4.74 Å². The van der Waals surface area contributed by atoms with Gasteiger partial charge in [-0.05, 0) is 24.5 Å². The second kappa shape index (κ2) is 5.29. The number of aryl methyl sites for hydroxylation is 1. The van der Waals surface area contributed by atoms with E-state index in [1.165, 1.54) is 5.56 Å². The Morgan fingerprint density at radius 3 is 3.11 bits per heavy atom. The first-order valence-electron chi connectivity index (χ1n) is 6.11. The van der Waals surface area contributed by atoms with Gasteiger partial charge in [0.15, 0.2) is 6.10 Å². The van der Waals surface area contributed by atoms with Gasteiger partial charge in [0.25, 0.3) is 0 Å². The van der Waals surface area contributed by atoms with E-state index in [2.05, 4.69) is 22.5 Å². The van der Waals surface area contributed by atoms with Crippen molar-refractivity contribution in [2.45, 2.75) is 25.4 Å². The largest absolute Gasteiger partial charge is 0.483 e. The number of benzene rings is 1. The summed E-state index contributed by atoms with van der Waals surface area (Å²) in [7, 11) is 0. The number of hydrogen-bond acceptors (Lipinski definition) is 3. The molecule has 0 saturated carbocycles. The predicted molar refractivity (Wildman–Crippen MR) is 74.7 cm³/mol. The Morgan fingerprint density at radius 1 is 1.39 bits per heavy atom. The van der Waals surface area contributed by atoms with E-state index >= 15 is 0 Å². The highest BCUT2D eigenvalue weighted by Gasteiger charge is 2.26. The van der Waals surface area contributed by atoms with Crippen molar-refractivity contribution in [1.29, 1.82) is 0 Å². The average molecular weight is 280 g/mol. The molecular formula is C14H14ClNOS. The number of para-hydroxylation sites is 1. The van der Waals surface area contributed by atoms with Crippen molar-refractivity contribution in [3.05, 3.63) is 45.9 Å². The molecule has 0 amide bonds. The molecule has 1 unspecified atom stereocenters. The summed E-state index contributed by atoms with van der Waals surface area (Å²) in [6, 6.07) is 8.21. The summed E-state index contributed by atoms with van der Waals surface area (Å²) in [6.45, 7) is 0. The van der Waals surface area contributed by atoms with Crippen LogP contribution in [0.3, 0.4) is 0 Å². The van der Waals surface area contributed by atoms with Crippen LogP contribution >= 0.6 is 22.9 Å². The lowest BCUT2D eigenvalue weighted by Gasteiger charge is -2.06. The predicted octanol–water partition coefficient (Wildman–Crippen LogP) is 3.99. The first kappa shape index (κ1) is 12.0. The zero-order valence-electron chi connectivity index (χ0n) is 9.93. The van der Waals surface area contributed by atoms with Crippen LogP contribution in [0.15, 0.2) is 29.6 Å². The lowest BCUT2D eigenvalue weighted by Crippen LogP contribution is -2.02. The molecule has 0 radical (unpaired) electrons. The van der Waals surface area contributed by atoms with Gasteiger partial charge in [-0.1, -0.05) is 18.2 Å². The van der Waals surface area contributed by atoms with E-state index in [9.17, 15) is 0 Å². The Balaban J connectivity index is 1.72. The van der Waals surface area contributed by atoms with Crippen molar-refractivity contribution in [2.75, 3.05) is 5.88 Å². The van der Waals surface area contributed by atoms with E-state index in [4.69, 9.17) is 16.3 Å².